The molecule has 0 atom stereocenters. The number of hydrogen-bond donors (Lipinski definition) is 3. The standard InChI is InChI=1S/C12H11N3O3/c1-7-9(11(16)17)10(15-12(18)13-7)14-8-5-3-2-4-6-8/h2-6H,1H3,(H,16,17)(H2,13,14,15,18). The van der Waals surface area contributed by atoms with Crippen molar-refractivity contribution in [3.05, 3.63) is 52.1 Å². The first kappa shape index (κ1) is 11.8. The highest BCUT2D eigenvalue weighted by Crippen LogP contribution is 2.18. The van der Waals surface area contributed by atoms with Gasteiger partial charge in [-0.1, -0.05) is 18.2 Å². The largest absolute Gasteiger partial charge is 0.477 e. The van der Waals surface area contributed by atoms with E-state index < -0.39 is 11.7 Å². The van der Waals surface area contributed by atoms with Gasteiger partial charge in [-0.05, 0) is 19.1 Å². The molecule has 0 fully saturated rings. The van der Waals surface area contributed by atoms with Crippen LogP contribution in [0.5, 0.6) is 0 Å². The molecule has 92 valence electrons. The smallest absolute Gasteiger partial charge is 0.347 e. The normalized spacial score (nSPS) is 10.1. The summed E-state index contributed by atoms with van der Waals surface area (Å²) in [6.45, 7) is 1.52. The third-order valence-corrected chi connectivity index (χ3v) is 2.37. The molecule has 0 radical (unpaired) electrons. The Balaban J connectivity index is 2.50. The van der Waals surface area contributed by atoms with Gasteiger partial charge < -0.3 is 15.4 Å². The highest BCUT2D eigenvalue weighted by molar-refractivity contribution is 5.95. The van der Waals surface area contributed by atoms with Crippen molar-refractivity contribution in [1.29, 1.82) is 0 Å². The summed E-state index contributed by atoms with van der Waals surface area (Å²) in [6, 6.07) is 8.93. The first-order valence-electron chi connectivity index (χ1n) is 5.24. The van der Waals surface area contributed by atoms with Crippen molar-refractivity contribution in [2.75, 3.05) is 5.32 Å². The van der Waals surface area contributed by atoms with E-state index in [1.54, 1.807) is 24.3 Å². The van der Waals surface area contributed by atoms with Gasteiger partial charge in [0.1, 0.15) is 5.56 Å². The maximum absolute atomic E-state index is 11.3. The van der Waals surface area contributed by atoms with Gasteiger partial charge in [-0.15, -0.1) is 0 Å². The van der Waals surface area contributed by atoms with Crippen molar-refractivity contribution < 1.29 is 9.90 Å². The van der Waals surface area contributed by atoms with Crippen LogP contribution in [0.4, 0.5) is 11.5 Å². The van der Waals surface area contributed by atoms with Crippen molar-refractivity contribution in [1.82, 2.24) is 9.97 Å². The lowest BCUT2D eigenvalue weighted by Crippen LogP contribution is -2.19. The lowest BCUT2D eigenvalue weighted by molar-refractivity contribution is 0.0696. The molecule has 18 heavy (non-hydrogen) atoms. The summed E-state index contributed by atoms with van der Waals surface area (Å²) in [4.78, 5) is 28.4. The maximum Gasteiger partial charge on any atom is 0.347 e. The van der Waals surface area contributed by atoms with Gasteiger partial charge in [0.25, 0.3) is 0 Å². The molecule has 6 heteroatoms. The molecule has 0 aliphatic carbocycles. The Morgan fingerprint density at radius 2 is 2.00 bits per heavy atom. The Morgan fingerprint density at radius 3 is 2.61 bits per heavy atom. The number of para-hydroxylation sites is 1. The van der Waals surface area contributed by atoms with E-state index in [1.165, 1.54) is 6.92 Å². The molecule has 1 heterocycles. The minimum Gasteiger partial charge on any atom is -0.477 e. The summed E-state index contributed by atoms with van der Waals surface area (Å²) in [5.74, 6) is -1.11. The quantitative estimate of drug-likeness (QED) is 0.762. The molecular formula is C12H11N3O3. The summed E-state index contributed by atoms with van der Waals surface area (Å²) < 4.78 is 0. The summed E-state index contributed by atoms with van der Waals surface area (Å²) in [5, 5.41) is 11.9. The molecule has 0 saturated heterocycles. The van der Waals surface area contributed by atoms with E-state index >= 15 is 0 Å². The fraction of sp³-hybridized carbons (Fsp3) is 0.0833. The summed E-state index contributed by atoms with van der Waals surface area (Å²) >= 11 is 0. The lowest BCUT2D eigenvalue weighted by atomic mass is 10.2. The molecule has 1 aromatic heterocycles. The second-order valence-corrected chi connectivity index (χ2v) is 3.69. The van der Waals surface area contributed by atoms with Crippen molar-refractivity contribution >= 4 is 17.5 Å². The van der Waals surface area contributed by atoms with Crippen LogP contribution in [0, 0.1) is 6.92 Å². The Kier molecular flexibility index (Phi) is 3.09. The molecule has 0 spiro atoms. The number of nitrogens with zero attached hydrogens (tertiary/aromatic N) is 1. The zero-order valence-corrected chi connectivity index (χ0v) is 9.60. The van der Waals surface area contributed by atoms with Gasteiger partial charge in [-0.25, -0.2) is 9.59 Å². The number of nitrogens with one attached hydrogen (secondary N) is 2. The second-order valence-electron chi connectivity index (χ2n) is 3.69. The van der Waals surface area contributed by atoms with Crippen LogP contribution in [0.3, 0.4) is 0 Å². The van der Waals surface area contributed by atoms with Crippen LogP contribution in [0.15, 0.2) is 35.1 Å². The van der Waals surface area contributed by atoms with Gasteiger partial charge in [0.05, 0.1) is 0 Å². The fourth-order valence-electron chi connectivity index (χ4n) is 1.60. The van der Waals surface area contributed by atoms with Crippen molar-refractivity contribution in [3.8, 4) is 0 Å². The molecule has 0 saturated carbocycles. The average Bonchev–Trinajstić information content (AvgIpc) is 2.28. The van der Waals surface area contributed by atoms with E-state index in [4.69, 9.17) is 5.11 Å². The Bertz CT molecular complexity index is 635. The predicted molar refractivity (Wildman–Crippen MR) is 66.3 cm³/mol. The number of carbonyl (C=O) groups is 1. The average molecular weight is 245 g/mol. The molecule has 1 aromatic carbocycles. The lowest BCUT2D eigenvalue weighted by Gasteiger charge is -2.09. The SMILES string of the molecule is Cc1[nH]c(=O)nc(Nc2ccccc2)c1C(=O)O. The molecule has 2 aromatic rings. The van der Waals surface area contributed by atoms with Gasteiger partial charge in [-0.2, -0.15) is 4.98 Å². The number of aromatic carboxylic acids is 1. The Labute approximate surface area is 102 Å². The van der Waals surface area contributed by atoms with Crippen LogP contribution in [0.25, 0.3) is 0 Å². The highest BCUT2D eigenvalue weighted by Gasteiger charge is 2.16. The first-order valence-corrected chi connectivity index (χ1v) is 5.24. The molecule has 0 aliphatic heterocycles. The third-order valence-electron chi connectivity index (χ3n) is 2.37. The second kappa shape index (κ2) is 4.70. The molecule has 0 aliphatic rings. The molecule has 0 unspecified atom stereocenters. The maximum atomic E-state index is 11.3. The topological polar surface area (TPSA) is 95.1 Å². The van der Waals surface area contributed by atoms with Gasteiger partial charge in [0, 0.05) is 11.4 Å². The Morgan fingerprint density at radius 1 is 1.33 bits per heavy atom. The van der Waals surface area contributed by atoms with E-state index in [0.717, 1.165) is 0 Å². The number of aromatic amines is 1. The number of H-pyrrole nitrogens is 1. The van der Waals surface area contributed by atoms with Crippen molar-refractivity contribution in [2.45, 2.75) is 6.92 Å². The van der Waals surface area contributed by atoms with E-state index in [0.29, 0.717) is 5.69 Å². The molecular weight excluding hydrogens is 234 g/mol. The number of aryl methyl sites for hydroxylation is 1. The van der Waals surface area contributed by atoms with E-state index in [9.17, 15) is 9.59 Å². The fourth-order valence-corrected chi connectivity index (χ4v) is 1.60. The highest BCUT2D eigenvalue weighted by atomic mass is 16.4. The third kappa shape index (κ3) is 2.37. The van der Waals surface area contributed by atoms with Crippen LogP contribution in [-0.4, -0.2) is 21.0 Å². The first-order chi connectivity index (χ1) is 8.58. The number of carboxylic acid groups (broad SMARTS) is 1. The minimum absolute atomic E-state index is 0.0370. The minimum atomic E-state index is -1.14. The number of benzene rings is 1. The predicted octanol–water partition coefficient (Wildman–Crippen LogP) is 1.52. The monoisotopic (exact) mass is 245 g/mol. The van der Waals surface area contributed by atoms with Crippen molar-refractivity contribution in [3.63, 3.8) is 0 Å². The van der Waals surface area contributed by atoms with Crippen molar-refractivity contribution in [2.24, 2.45) is 0 Å². The number of aromatic nitrogens is 2. The van der Waals surface area contributed by atoms with Crippen LogP contribution in [0.2, 0.25) is 0 Å². The van der Waals surface area contributed by atoms with Gasteiger partial charge in [-0.3, -0.25) is 0 Å². The van der Waals surface area contributed by atoms with Crippen LogP contribution in [-0.2, 0) is 0 Å². The van der Waals surface area contributed by atoms with Gasteiger partial charge in [0.2, 0.25) is 0 Å². The summed E-state index contributed by atoms with van der Waals surface area (Å²) in [6.07, 6.45) is 0. The van der Waals surface area contributed by atoms with Gasteiger partial charge >= 0.3 is 11.7 Å². The molecule has 0 amide bonds. The number of rotatable bonds is 3. The summed E-state index contributed by atoms with van der Waals surface area (Å²) in [7, 11) is 0. The van der Waals surface area contributed by atoms with E-state index in [1.807, 2.05) is 6.07 Å². The number of carboxylic acids is 1. The molecule has 3 N–H and O–H groups in total. The zero-order valence-electron chi connectivity index (χ0n) is 9.60. The van der Waals surface area contributed by atoms with E-state index in [2.05, 4.69) is 15.3 Å². The molecule has 6 nitrogen and oxygen atoms in total. The van der Waals surface area contributed by atoms with E-state index in [-0.39, 0.29) is 17.1 Å². The summed E-state index contributed by atoms with van der Waals surface area (Å²) in [5.41, 5.74) is 0.299. The zero-order chi connectivity index (χ0) is 13.1. The number of anilines is 2. The molecule has 0 bridgehead atoms. The number of hydrogen-bond acceptors (Lipinski definition) is 4. The van der Waals surface area contributed by atoms with Crippen LogP contribution < -0.4 is 11.0 Å². The molecule has 2 rings (SSSR count). The van der Waals surface area contributed by atoms with Crippen LogP contribution in [0.1, 0.15) is 16.1 Å². The Hall–Kier alpha value is -2.63. The van der Waals surface area contributed by atoms with Gasteiger partial charge in [0.15, 0.2) is 5.82 Å². The van der Waals surface area contributed by atoms with Crippen LogP contribution >= 0.6 is 0 Å².